The summed E-state index contributed by atoms with van der Waals surface area (Å²) in [6, 6.07) is 25.3. The van der Waals surface area contributed by atoms with Gasteiger partial charge in [-0.1, -0.05) is 76.1 Å². The molecule has 4 heteroatoms. The van der Waals surface area contributed by atoms with E-state index in [1.54, 1.807) is 6.08 Å². The standard InChI is InChI=1S/C24H19BrN2O/c1-17-10-12-22(13-11-17)27-24(28)21(16-26)15-19-7-3-2-6-18(19)14-20-8-4-5-9-23(20)25/h2-13,15H,14H2,1H3,(H,27,28)/b21-15+. The average Bonchev–Trinajstić information content (AvgIpc) is 2.70. The third kappa shape index (κ3) is 4.97. The van der Waals surface area contributed by atoms with Crippen LogP contribution in [0.5, 0.6) is 0 Å². The van der Waals surface area contributed by atoms with Gasteiger partial charge in [-0.05, 0) is 54.3 Å². The van der Waals surface area contributed by atoms with E-state index in [1.807, 2.05) is 79.7 Å². The van der Waals surface area contributed by atoms with E-state index in [4.69, 9.17) is 0 Å². The van der Waals surface area contributed by atoms with E-state index in [2.05, 4.69) is 27.3 Å². The predicted octanol–water partition coefficient (Wildman–Crippen LogP) is 5.89. The van der Waals surface area contributed by atoms with Gasteiger partial charge in [-0.25, -0.2) is 0 Å². The highest BCUT2D eigenvalue weighted by Gasteiger charge is 2.11. The minimum atomic E-state index is -0.415. The minimum Gasteiger partial charge on any atom is -0.321 e. The van der Waals surface area contributed by atoms with Crippen molar-refractivity contribution in [1.82, 2.24) is 0 Å². The zero-order chi connectivity index (χ0) is 19.9. The van der Waals surface area contributed by atoms with Crippen molar-refractivity contribution in [2.75, 3.05) is 5.32 Å². The number of nitrogens with zero attached hydrogens (tertiary/aromatic N) is 1. The maximum Gasteiger partial charge on any atom is 0.266 e. The molecule has 0 saturated heterocycles. The molecule has 1 amide bonds. The molecule has 0 saturated carbocycles. The molecule has 0 spiro atoms. The highest BCUT2D eigenvalue weighted by atomic mass is 79.9. The van der Waals surface area contributed by atoms with Crippen LogP contribution in [0, 0.1) is 18.3 Å². The van der Waals surface area contributed by atoms with Crippen LogP contribution in [0.25, 0.3) is 6.08 Å². The number of benzene rings is 3. The second-order valence-corrected chi connectivity index (χ2v) is 7.31. The van der Waals surface area contributed by atoms with Crippen LogP contribution < -0.4 is 5.32 Å². The van der Waals surface area contributed by atoms with E-state index in [0.29, 0.717) is 12.1 Å². The van der Waals surface area contributed by atoms with E-state index < -0.39 is 5.91 Å². The molecule has 0 aliphatic heterocycles. The van der Waals surface area contributed by atoms with Crippen LogP contribution >= 0.6 is 15.9 Å². The summed E-state index contributed by atoms with van der Waals surface area (Å²) in [5.41, 5.74) is 4.89. The molecule has 0 unspecified atom stereocenters. The Labute approximate surface area is 173 Å². The lowest BCUT2D eigenvalue weighted by Gasteiger charge is -2.09. The topological polar surface area (TPSA) is 52.9 Å². The first-order valence-electron chi connectivity index (χ1n) is 8.88. The molecule has 1 N–H and O–H groups in total. The summed E-state index contributed by atoms with van der Waals surface area (Å²) >= 11 is 3.58. The molecule has 0 aliphatic carbocycles. The molecule has 0 aromatic heterocycles. The summed E-state index contributed by atoms with van der Waals surface area (Å²) in [5.74, 6) is -0.415. The molecule has 0 fully saturated rings. The molecule has 28 heavy (non-hydrogen) atoms. The summed E-state index contributed by atoms with van der Waals surface area (Å²) in [7, 11) is 0. The number of nitrogens with one attached hydrogen (secondary N) is 1. The van der Waals surface area contributed by atoms with Crippen LogP contribution in [-0.4, -0.2) is 5.91 Å². The lowest BCUT2D eigenvalue weighted by atomic mass is 9.98. The number of nitriles is 1. The van der Waals surface area contributed by atoms with Crippen LogP contribution in [0.15, 0.2) is 82.8 Å². The molecule has 0 atom stereocenters. The zero-order valence-corrected chi connectivity index (χ0v) is 17.0. The number of aryl methyl sites for hydroxylation is 1. The zero-order valence-electron chi connectivity index (χ0n) is 15.4. The van der Waals surface area contributed by atoms with Crippen molar-refractivity contribution in [2.45, 2.75) is 13.3 Å². The highest BCUT2D eigenvalue weighted by Crippen LogP contribution is 2.23. The van der Waals surface area contributed by atoms with E-state index in [-0.39, 0.29) is 5.57 Å². The molecule has 3 aromatic carbocycles. The molecule has 0 heterocycles. The van der Waals surface area contributed by atoms with Crippen LogP contribution in [0.2, 0.25) is 0 Å². The quantitative estimate of drug-likeness (QED) is 0.404. The molecule has 0 aliphatic rings. The Kier molecular flexibility index (Phi) is 6.41. The Morgan fingerprint density at radius 1 is 1.00 bits per heavy atom. The van der Waals surface area contributed by atoms with E-state index >= 15 is 0 Å². The third-order valence-corrected chi connectivity index (χ3v) is 5.14. The Hall–Kier alpha value is -3.16. The predicted molar refractivity (Wildman–Crippen MR) is 117 cm³/mol. The highest BCUT2D eigenvalue weighted by molar-refractivity contribution is 9.10. The van der Waals surface area contributed by atoms with Crippen LogP contribution in [0.1, 0.15) is 22.3 Å². The first-order valence-corrected chi connectivity index (χ1v) is 9.67. The van der Waals surface area contributed by atoms with Gasteiger partial charge in [0.1, 0.15) is 11.6 Å². The van der Waals surface area contributed by atoms with Gasteiger partial charge in [-0.3, -0.25) is 4.79 Å². The number of halogens is 1. The normalized spacial score (nSPS) is 11.0. The number of amides is 1. The van der Waals surface area contributed by atoms with Gasteiger partial charge in [0, 0.05) is 10.2 Å². The number of rotatable bonds is 5. The number of hydrogen-bond donors (Lipinski definition) is 1. The second-order valence-electron chi connectivity index (χ2n) is 6.46. The molecule has 3 rings (SSSR count). The maximum atomic E-state index is 12.5. The maximum absolute atomic E-state index is 12.5. The van der Waals surface area contributed by atoms with Crippen molar-refractivity contribution in [1.29, 1.82) is 5.26 Å². The van der Waals surface area contributed by atoms with Crippen molar-refractivity contribution in [3.8, 4) is 6.07 Å². The first-order chi connectivity index (χ1) is 13.6. The van der Waals surface area contributed by atoms with Gasteiger partial charge in [-0.2, -0.15) is 5.26 Å². The monoisotopic (exact) mass is 430 g/mol. The Balaban J connectivity index is 1.86. The third-order valence-electron chi connectivity index (χ3n) is 4.37. The molecule has 3 aromatic rings. The molecule has 138 valence electrons. The van der Waals surface area contributed by atoms with Crippen molar-refractivity contribution in [3.63, 3.8) is 0 Å². The average molecular weight is 431 g/mol. The van der Waals surface area contributed by atoms with Crippen molar-refractivity contribution < 1.29 is 4.79 Å². The van der Waals surface area contributed by atoms with Crippen molar-refractivity contribution in [3.05, 3.63) is 105 Å². The lowest BCUT2D eigenvalue weighted by Crippen LogP contribution is -2.13. The van der Waals surface area contributed by atoms with Gasteiger partial charge in [0.2, 0.25) is 0 Å². The Bertz CT molecular complexity index is 1060. The van der Waals surface area contributed by atoms with Gasteiger partial charge in [0.15, 0.2) is 0 Å². The summed E-state index contributed by atoms with van der Waals surface area (Å²) in [4.78, 5) is 12.5. The van der Waals surface area contributed by atoms with Gasteiger partial charge in [0.05, 0.1) is 0 Å². The number of anilines is 1. The summed E-state index contributed by atoms with van der Waals surface area (Å²) in [6.07, 6.45) is 2.35. The SMILES string of the molecule is Cc1ccc(NC(=O)/C(C#N)=C/c2ccccc2Cc2ccccc2Br)cc1. The largest absolute Gasteiger partial charge is 0.321 e. The lowest BCUT2D eigenvalue weighted by molar-refractivity contribution is -0.112. The second kappa shape index (κ2) is 9.16. The summed E-state index contributed by atoms with van der Waals surface area (Å²) in [6.45, 7) is 1.98. The molecule has 0 bridgehead atoms. The fraction of sp³-hybridized carbons (Fsp3) is 0.0833. The fourth-order valence-electron chi connectivity index (χ4n) is 2.82. The van der Waals surface area contributed by atoms with Crippen LogP contribution in [0.4, 0.5) is 5.69 Å². The van der Waals surface area contributed by atoms with Crippen molar-refractivity contribution in [2.24, 2.45) is 0 Å². The van der Waals surface area contributed by atoms with Crippen LogP contribution in [-0.2, 0) is 11.2 Å². The van der Waals surface area contributed by atoms with E-state index in [1.165, 1.54) is 0 Å². The number of hydrogen-bond acceptors (Lipinski definition) is 2. The fourth-order valence-corrected chi connectivity index (χ4v) is 3.25. The molecule has 3 nitrogen and oxygen atoms in total. The van der Waals surface area contributed by atoms with E-state index in [0.717, 1.165) is 26.7 Å². The first kappa shape index (κ1) is 19.6. The van der Waals surface area contributed by atoms with Crippen LogP contribution in [0.3, 0.4) is 0 Å². The molecular formula is C24H19BrN2O. The smallest absolute Gasteiger partial charge is 0.266 e. The number of carbonyl (C=O) groups is 1. The van der Waals surface area contributed by atoms with Crippen molar-refractivity contribution >= 4 is 33.6 Å². The van der Waals surface area contributed by atoms with Gasteiger partial charge in [0.25, 0.3) is 5.91 Å². The van der Waals surface area contributed by atoms with Gasteiger partial charge >= 0.3 is 0 Å². The van der Waals surface area contributed by atoms with Gasteiger partial charge < -0.3 is 5.32 Å². The summed E-state index contributed by atoms with van der Waals surface area (Å²) in [5, 5.41) is 12.3. The van der Waals surface area contributed by atoms with E-state index in [9.17, 15) is 10.1 Å². The molecular weight excluding hydrogens is 412 g/mol. The molecule has 0 radical (unpaired) electrons. The summed E-state index contributed by atoms with van der Waals surface area (Å²) < 4.78 is 1.03. The van der Waals surface area contributed by atoms with Gasteiger partial charge in [-0.15, -0.1) is 0 Å². The number of carbonyl (C=O) groups excluding carboxylic acids is 1. The minimum absolute atomic E-state index is 0.0696. The Morgan fingerprint density at radius 2 is 1.64 bits per heavy atom. The Morgan fingerprint density at radius 3 is 2.32 bits per heavy atom.